The lowest BCUT2D eigenvalue weighted by Gasteiger charge is -2.11. The average Bonchev–Trinajstić information content (AvgIpc) is 3.30. The van der Waals surface area contributed by atoms with Gasteiger partial charge in [-0.1, -0.05) is 24.3 Å². The van der Waals surface area contributed by atoms with Gasteiger partial charge in [0.25, 0.3) is 0 Å². The number of aryl methyl sites for hydroxylation is 1. The van der Waals surface area contributed by atoms with Crippen molar-refractivity contribution >= 4 is 22.6 Å². The van der Waals surface area contributed by atoms with Crippen LogP contribution in [0.15, 0.2) is 48.7 Å². The number of rotatable bonds is 6. The molecule has 0 bridgehead atoms. The Balaban J connectivity index is 1.76. The highest BCUT2D eigenvalue weighted by molar-refractivity contribution is 5.98. The van der Waals surface area contributed by atoms with Gasteiger partial charge >= 0.3 is 0 Å². The second-order valence-corrected chi connectivity index (χ2v) is 6.33. The van der Waals surface area contributed by atoms with Crippen molar-refractivity contribution in [2.45, 2.75) is 6.54 Å². The molecule has 2 heterocycles. The van der Waals surface area contributed by atoms with E-state index in [2.05, 4.69) is 15.5 Å². The Morgan fingerprint density at radius 2 is 1.76 bits per heavy atom. The molecule has 0 spiro atoms. The van der Waals surface area contributed by atoms with Crippen LogP contribution in [0.25, 0.3) is 22.2 Å². The maximum absolute atomic E-state index is 12.5. The first-order valence-electron chi connectivity index (χ1n) is 8.93. The van der Waals surface area contributed by atoms with Crippen molar-refractivity contribution in [3.63, 3.8) is 0 Å². The monoisotopic (exact) mass is 392 g/mol. The average molecular weight is 392 g/mol. The molecule has 9 nitrogen and oxygen atoms in total. The van der Waals surface area contributed by atoms with Crippen LogP contribution in [0.4, 0.5) is 5.82 Å². The van der Waals surface area contributed by atoms with Crippen LogP contribution in [0, 0.1) is 0 Å². The van der Waals surface area contributed by atoms with Crippen molar-refractivity contribution in [3.05, 3.63) is 48.7 Å². The number of aromatic nitrogens is 5. The molecule has 0 saturated carbocycles. The molecule has 0 atom stereocenters. The maximum atomic E-state index is 12.5. The van der Waals surface area contributed by atoms with Crippen LogP contribution in [0.2, 0.25) is 0 Å². The summed E-state index contributed by atoms with van der Waals surface area (Å²) in [6.07, 6.45) is 1.49. The number of hydrogen-bond acceptors (Lipinski definition) is 6. The Kier molecular flexibility index (Phi) is 4.86. The molecule has 9 heteroatoms. The highest BCUT2D eigenvalue weighted by Crippen LogP contribution is 2.40. The van der Waals surface area contributed by atoms with E-state index in [1.54, 1.807) is 25.9 Å². The first-order chi connectivity index (χ1) is 14.1. The van der Waals surface area contributed by atoms with E-state index in [4.69, 9.17) is 14.6 Å². The predicted molar refractivity (Wildman–Crippen MR) is 108 cm³/mol. The van der Waals surface area contributed by atoms with Gasteiger partial charge in [-0.3, -0.25) is 9.48 Å². The number of hydrogen-bond donors (Lipinski definition) is 1. The molecule has 0 aliphatic carbocycles. The summed E-state index contributed by atoms with van der Waals surface area (Å²) in [5.41, 5.74) is 2.24. The van der Waals surface area contributed by atoms with Gasteiger partial charge in [0, 0.05) is 12.4 Å². The number of benzene rings is 2. The summed E-state index contributed by atoms with van der Waals surface area (Å²) < 4.78 is 12.7. The zero-order valence-electron chi connectivity index (χ0n) is 16.3. The van der Waals surface area contributed by atoms with E-state index in [0.29, 0.717) is 23.0 Å². The fourth-order valence-electron chi connectivity index (χ4n) is 3.24. The van der Waals surface area contributed by atoms with E-state index in [-0.39, 0.29) is 12.5 Å². The highest BCUT2D eigenvalue weighted by atomic mass is 16.5. The van der Waals surface area contributed by atoms with E-state index in [0.717, 1.165) is 16.5 Å². The number of carbonyl (C=O) groups is 1. The van der Waals surface area contributed by atoms with Crippen molar-refractivity contribution in [1.29, 1.82) is 0 Å². The number of anilines is 1. The molecule has 0 aliphatic rings. The van der Waals surface area contributed by atoms with Crippen molar-refractivity contribution in [2.75, 3.05) is 19.5 Å². The summed E-state index contributed by atoms with van der Waals surface area (Å²) in [7, 11) is 4.89. The maximum Gasteiger partial charge on any atom is 0.247 e. The number of nitrogens with one attached hydrogen (secondary N) is 1. The quantitative estimate of drug-likeness (QED) is 0.542. The molecule has 1 N–H and O–H groups in total. The van der Waals surface area contributed by atoms with Crippen molar-refractivity contribution in [1.82, 2.24) is 24.8 Å². The summed E-state index contributed by atoms with van der Waals surface area (Å²) >= 11 is 0. The van der Waals surface area contributed by atoms with Gasteiger partial charge in [-0.2, -0.15) is 15.0 Å². The lowest BCUT2D eigenvalue weighted by Crippen LogP contribution is -2.19. The topological polar surface area (TPSA) is 96.1 Å². The molecule has 0 saturated heterocycles. The van der Waals surface area contributed by atoms with Crippen LogP contribution in [0.1, 0.15) is 0 Å². The summed E-state index contributed by atoms with van der Waals surface area (Å²) in [5, 5.41) is 16.3. The summed E-state index contributed by atoms with van der Waals surface area (Å²) in [6, 6.07) is 13.3. The van der Waals surface area contributed by atoms with E-state index in [9.17, 15) is 4.79 Å². The molecule has 4 rings (SSSR count). The zero-order chi connectivity index (χ0) is 20.4. The summed E-state index contributed by atoms with van der Waals surface area (Å²) in [6.45, 7) is 0.0224. The molecule has 2 aromatic carbocycles. The summed E-state index contributed by atoms with van der Waals surface area (Å²) in [5.74, 6) is 1.42. The Morgan fingerprint density at radius 1 is 1.03 bits per heavy atom. The Morgan fingerprint density at radius 3 is 2.41 bits per heavy atom. The van der Waals surface area contributed by atoms with Crippen molar-refractivity contribution < 1.29 is 14.3 Å². The predicted octanol–water partition coefficient (Wildman–Crippen LogP) is 2.49. The second kappa shape index (κ2) is 7.63. The number of para-hydroxylation sites is 1. The summed E-state index contributed by atoms with van der Waals surface area (Å²) in [4.78, 5) is 13.9. The minimum Gasteiger partial charge on any atom is -0.496 e. The van der Waals surface area contributed by atoms with E-state index in [1.807, 2.05) is 42.5 Å². The third-order valence-electron chi connectivity index (χ3n) is 4.48. The van der Waals surface area contributed by atoms with E-state index >= 15 is 0 Å². The number of fused-ring (bicyclic) bond motifs is 1. The van der Waals surface area contributed by atoms with E-state index in [1.165, 1.54) is 11.0 Å². The Labute approximate surface area is 166 Å². The molecule has 0 fully saturated rings. The fourth-order valence-corrected chi connectivity index (χ4v) is 3.24. The van der Waals surface area contributed by atoms with Gasteiger partial charge < -0.3 is 14.8 Å². The molecule has 0 radical (unpaired) electrons. The lowest BCUT2D eigenvalue weighted by molar-refractivity contribution is -0.116. The van der Waals surface area contributed by atoms with Gasteiger partial charge in [-0.25, -0.2) is 0 Å². The normalized spacial score (nSPS) is 10.9. The molecular formula is C20H20N6O3. The van der Waals surface area contributed by atoms with Crippen molar-refractivity contribution in [3.8, 4) is 22.8 Å². The third-order valence-corrected chi connectivity index (χ3v) is 4.48. The largest absolute Gasteiger partial charge is 0.496 e. The van der Waals surface area contributed by atoms with Crippen LogP contribution >= 0.6 is 0 Å². The number of methoxy groups -OCH3 is 2. The molecule has 1 amide bonds. The number of nitrogens with zero attached hydrogens (tertiary/aromatic N) is 5. The van der Waals surface area contributed by atoms with Crippen LogP contribution in [-0.4, -0.2) is 44.9 Å². The minimum absolute atomic E-state index is 0.0224. The number of amides is 1. The van der Waals surface area contributed by atoms with Gasteiger partial charge in [0.1, 0.15) is 23.7 Å². The van der Waals surface area contributed by atoms with Crippen LogP contribution in [-0.2, 0) is 18.4 Å². The zero-order valence-corrected chi connectivity index (χ0v) is 16.3. The minimum atomic E-state index is -0.253. The fraction of sp³-hybridized carbons (Fsp3) is 0.200. The number of carbonyl (C=O) groups excluding carboxylic acids is 1. The van der Waals surface area contributed by atoms with Gasteiger partial charge in [0.2, 0.25) is 5.91 Å². The van der Waals surface area contributed by atoms with Gasteiger partial charge in [-0.15, -0.1) is 5.10 Å². The molecule has 29 heavy (non-hydrogen) atoms. The van der Waals surface area contributed by atoms with Crippen LogP contribution < -0.4 is 14.8 Å². The van der Waals surface area contributed by atoms with Crippen molar-refractivity contribution in [2.24, 2.45) is 7.05 Å². The molecule has 148 valence electrons. The standard InChI is InChI=1S/C20H20N6O3/c1-25-21-11-17(23-25)22-18(27)12-26-14-8-5-4-7-13(14)20(24-26)19-15(28-2)9-6-10-16(19)29-3/h4-11H,12H2,1-3H3,(H,22,23,27). The number of ether oxygens (including phenoxy) is 2. The lowest BCUT2D eigenvalue weighted by atomic mass is 10.1. The van der Waals surface area contributed by atoms with E-state index < -0.39 is 0 Å². The molecule has 0 aliphatic heterocycles. The first-order valence-corrected chi connectivity index (χ1v) is 8.93. The first kappa shape index (κ1) is 18.5. The van der Waals surface area contributed by atoms with Crippen LogP contribution in [0.5, 0.6) is 11.5 Å². The molecular weight excluding hydrogens is 372 g/mol. The Bertz CT molecular complexity index is 1160. The second-order valence-electron chi connectivity index (χ2n) is 6.33. The smallest absolute Gasteiger partial charge is 0.247 e. The SMILES string of the molecule is COc1cccc(OC)c1-c1nn(CC(=O)Nc2cnn(C)n2)c2ccccc12. The van der Waals surface area contributed by atoms with Crippen LogP contribution in [0.3, 0.4) is 0 Å². The Hall–Kier alpha value is -3.88. The molecule has 2 aromatic heterocycles. The van der Waals surface area contributed by atoms with Gasteiger partial charge in [-0.05, 0) is 18.2 Å². The van der Waals surface area contributed by atoms with Gasteiger partial charge in [0.05, 0.1) is 31.5 Å². The molecule has 4 aromatic rings. The molecule has 0 unspecified atom stereocenters. The van der Waals surface area contributed by atoms with Gasteiger partial charge in [0.15, 0.2) is 5.82 Å². The highest BCUT2D eigenvalue weighted by Gasteiger charge is 2.20. The third kappa shape index (κ3) is 3.49.